The summed E-state index contributed by atoms with van der Waals surface area (Å²) in [7, 11) is 3.42. The van der Waals surface area contributed by atoms with Gasteiger partial charge in [0.15, 0.2) is 0 Å². The summed E-state index contributed by atoms with van der Waals surface area (Å²) in [5.41, 5.74) is 6.62. The summed E-state index contributed by atoms with van der Waals surface area (Å²) in [5.74, 6) is -0.0711. The Kier molecular flexibility index (Phi) is 4.09. The summed E-state index contributed by atoms with van der Waals surface area (Å²) < 4.78 is 0. The van der Waals surface area contributed by atoms with Crippen molar-refractivity contribution in [2.24, 2.45) is 11.1 Å². The maximum absolute atomic E-state index is 12.2. The van der Waals surface area contributed by atoms with Crippen LogP contribution in [0.3, 0.4) is 0 Å². The molecular formula is C15H21N3O2. The van der Waals surface area contributed by atoms with Gasteiger partial charge in [0.05, 0.1) is 5.41 Å². The van der Waals surface area contributed by atoms with Crippen molar-refractivity contribution >= 4 is 17.5 Å². The molecule has 5 nitrogen and oxygen atoms in total. The van der Waals surface area contributed by atoms with Crippen molar-refractivity contribution < 1.29 is 9.59 Å². The summed E-state index contributed by atoms with van der Waals surface area (Å²) in [6.07, 6.45) is 2.76. The first-order valence-corrected chi connectivity index (χ1v) is 6.82. The Balaban J connectivity index is 2.04. The third kappa shape index (κ3) is 2.67. The third-order valence-electron chi connectivity index (χ3n) is 3.98. The van der Waals surface area contributed by atoms with Crippen molar-refractivity contribution in [3.63, 3.8) is 0 Å². The lowest BCUT2D eigenvalue weighted by atomic mass is 9.68. The molecule has 2 rings (SSSR count). The highest BCUT2D eigenvalue weighted by Crippen LogP contribution is 2.40. The minimum atomic E-state index is -0.391. The first-order chi connectivity index (χ1) is 9.48. The lowest BCUT2D eigenvalue weighted by molar-refractivity contribution is -0.129. The maximum atomic E-state index is 12.2. The van der Waals surface area contributed by atoms with Crippen LogP contribution in [0.2, 0.25) is 0 Å². The number of hydrogen-bond donors (Lipinski definition) is 2. The molecule has 0 aromatic heterocycles. The first-order valence-electron chi connectivity index (χ1n) is 6.82. The van der Waals surface area contributed by atoms with E-state index < -0.39 is 5.41 Å². The van der Waals surface area contributed by atoms with Gasteiger partial charge >= 0.3 is 0 Å². The van der Waals surface area contributed by atoms with Crippen molar-refractivity contribution in [2.45, 2.75) is 19.3 Å². The number of carbonyl (C=O) groups is 2. The Morgan fingerprint density at radius 1 is 1.25 bits per heavy atom. The Hall–Kier alpha value is -1.88. The fourth-order valence-corrected chi connectivity index (χ4v) is 2.35. The molecule has 1 aliphatic carbocycles. The van der Waals surface area contributed by atoms with Crippen LogP contribution in [0.5, 0.6) is 0 Å². The molecule has 0 radical (unpaired) electrons. The smallest absolute Gasteiger partial charge is 0.253 e. The molecule has 0 heterocycles. The van der Waals surface area contributed by atoms with E-state index in [2.05, 4.69) is 5.32 Å². The number of carbonyl (C=O) groups excluding carboxylic acids is 2. The van der Waals surface area contributed by atoms with Gasteiger partial charge in [0.25, 0.3) is 5.91 Å². The molecule has 1 fully saturated rings. The van der Waals surface area contributed by atoms with Crippen LogP contribution in [0.15, 0.2) is 24.3 Å². The molecule has 1 saturated carbocycles. The topological polar surface area (TPSA) is 75.4 Å². The van der Waals surface area contributed by atoms with E-state index in [1.807, 2.05) is 0 Å². The monoisotopic (exact) mass is 275 g/mol. The SMILES string of the molecule is CN(C)C(=O)c1ccc(NC(=O)C2(CN)CCC2)cc1. The van der Waals surface area contributed by atoms with Gasteiger partial charge < -0.3 is 16.0 Å². The third-order valence-corrected chi connectivity index (χ3v) is 3.98. The van der Waals surface area contributed by atoms with Crippen LogP contribution in [0.1, 0.15) is 29.6 Å². The molecular weight excluding hydrogens is 254 g/mol. The van der Waals surface area contributed by atoms with E-state index in [-0.39, 0.29) is 11.8 Å². The van der Waals surface area contributed by atoms with E-state index in [1.54, 1.807) is 38.4 Å². The molecule has 1 aromatic carbocycles. The summed E-state index contributed by atoms with van der Waals surface area (Å²) in [5, 5.41) is 2.89. The highest BCUT2D eigenvalue weighted by Gasteiger charge is 2.42. The Morgan fingerprint density at radius 3 is 2.25 bits per heavy atom. The number of rotatable bonds is 4. The number of nitrogens with one attached hydrogen (secondary N) is 1. The Morgan fingerprint density at radius 2 is 1.85 bits per heavy atom. The van der Waals surface area contributed by atoms with Crippen LogP contribution < -0.4 is 11.1 Å². The van der Waals surface area contributed by atoms with E-state index in [1.165, 1.54) is 4.90 Å². The van der Waals surface area contributed by atoms with Crippen molar-refractivity contribution in [1.29, 1.82) is 0 Å². The number of anilines is 1. The van der Waals surface area contributed by atoms with Crippen molar-refractivity contribution in [3.05, 3.63) is 29.8 Å². The van der Waals surface area contributed by atoms with E-state index >= 15 is 0 Å². The number of nitrogens with zero attached hydrogens (tertiary/aromatic N) is 1. The molecule has 0 bridgehead atoms. The molecule has 0 unspecified atom stereocenters. The van der Waals surface area contributed by atoms with Gasteiger partial charge in [-0.1, -0.05) is 6.42 Å². The molecule has 0 saturated heterocycles. The van der Waals surface area contributed by atoms with Crippen LogP contribution in [0, 0.1) is 5.41 Å². The van der Waals surface area contributed by atoms with Gasteiger partial charge in [-0.2, -0.15) is 0 Å². The predicted molar refractivity (Wildman–Crippen MR) is 78.4 cm³/mol. The minimum Gasteiger partial charge on any atom is -0.345 e. The first kappa shape index (κ1) is 14.5. The second-order valence-corrected chi connectivity index (χ2v) is 5.57. The normalized spacial score (nSPS) is 16.1. The van der Waals surface area contributed by atoms with Crippen molar-refractivity contribution in [1.82, 2.24) is 4.90 Å². The van der Waals surface area contributed by atoms with Crippen molar-refractivity contribution in [3.8, 4) is 0 Å². The lowest BCUT2D eigenvalue weighted by Gasteiger charge is -2.39. The van der Waals surface area contributed by atoms with Gasteiger partial charge in [-0.15, -0.1) is 0 Å². The zero-order chi connectivity index (χ0) is 14.8. The van der Waals surface area contributed by atoms with E-state index in [0.717, 1.165) is 19.3 Å². The Labute approximate surface area is 119 Å². The number of nitrogens with two attached hydrogens (primary N) is 1. The molecule has 1 aromatic rings. The molecule has 0 atom stereocenters. The van der Waals surface area contributed by atoms with E-state index in [9.17, 15) is 9.59 Å². The quantitative estimate of drug-likeness (QED) is 0.873. The lowest BCUT2D eigenvalue weighted by Crippen LogP contribution is -2.47. The average Bonchev–Trinajstić information content (AvgIpc) is 2.38. The molecule has 0 spiro atoms. The van der Waals surface area contributed by atoms with Gasteiger partial charge in [0, 0.05) is 31.9 Å². The maximum Gasteiger partial charge on any atom is 0.253 e. The van der Waals surface area contributed by atoms with Crippen LogP contribution in [0.25, 0.3) is 0 Å². The number of benzene rings is 1. The molecule has 3 N–H and O–H groups in total. The number of amides is 2. The van der Waals surface area contributed by atoms with E-state index in [0.29, 0.717) is 17.8 Å². The Bertz CT molecular complexity index is 499. The summed E-state index contributed by atoms with van der Waals surface area (Å²) >= 11 is 0. The fraction of sp³-hybridized carbons (Fsp3) is 0.467. The van der Waals surface area contributed by atoms with Gasteiger partial charge in [0.2, 0.25) is 5.91 Å². The number of hydrogen-bond acceptors (Lipinski definition) is 3. The zero-order valence-electron chi connectivity index (χ0n) is 12.0. The fourth-order valence-electron chi connectivity index (χ4n) is 2.35. The van der Waals surface area contributed by atoms with Crippen LogP contribution >= 0.6 is 0 Å². The van der Waals surface area contributed by atoms with Crippen molar-refractivity contribution in [2.75, 3.05) is 26.0 Å². The zero-order valence-corrected chi connectivity index (χ0v) is 12.0. The van der Waals surface area contributed by atoms with Gasteiger partial charge in [-0.25, -0.2) is 0 Å². The highest BCUT2D eigenvalue weighted by atomic mass is 16.2. The largest absolute Gasteiger partial charge is 0.345 e. The average molecular weight is 275 g/mol. The minimum absolute atomic E-state index is 0.0158. The summed E-state index contributed by atoms with van der Waals surface area (Å²) in [6, 6.07) is 6.93. The van der Waals surface area contributed by atoms with Gasteiger partial charge in [0.1, 0.15) is 0 Å². The molecule has 20 heavy (non-hydrogen) atoms. The summed E-state index contributed by atoms with van der Waals surface area (Å²) in [6.45, 7) is 0.385. The van der Waals surface area contributed by atoms with Crippen LogP contribution in [-0.4, -0.2) is 37.4 Å². The molecule has 1 aliphatic rings. The van der Waals surface area contributed by atoms with E-state index in [4.69, 9.17) is 5.73 Å². The van der Waals surface area contributed by atoms with Crippen LogP contribution in [-0.2, 0) is 4.79 Å². The highest BCUT2D eigenvalue weighted by molar-refractivity contribution is 5.97. The van der Waals surface area contributed by atoms with Gasteiger partial charge in [-0.3, -0.25) is 9.59 Å². The second-order valence-electron chi connectivity index (χ2n) is 5.57. The van der Waals surface area contributed by atoms with Crippen LogP contribution in [0.4, 0.5) is 5.69 Å². The molecule has 0 aliphatic heterocycles. The molecule has 5 heteroatoms. The molecule has 2 amide bonds. The summed E-state index contributed by atoms with van der Waals surface area (Å²) in [4.78, 5) is 25.5. The molecule has 108 valence electrons. The van der Waals surface area contributed by atoms with Gasteiger partial charge in [-0.05, 0) is 37.1 Å². The second kappa shape index (κ2) is 5.63. The standard InChI is InChI=1S/C15H21N3O2/c1-18(2)13(19)11-4-6-12(7-5-11)17-14(20)15(10-16)8-3-9-15/h4-7H,3,8-10,16H2,1-2H3,(H,17,20). The predicted octanol–water partition coefficient (Wildman–Crippen LogP) is 1.46.